The molecule has 4 nitrogen and oxygen atoms in total. The Bertz CT molecular complexity index is 1200. The van der Waals surface area contributed by atoms with Crippen molar-refractivity contribution in [3.8, 4) is 29.0 Å². The minimum Gasteiger partial charge on any atom is -0.473 e. The molecule has 0 amide bonds. The molecule has 0 saturated heterocycles. The highest BCUT2D eigenvalue weighted by atomic mass is 16.5. The van der Waals surface area contributed by atoms with Gasteiger partial charge in [-0.15, -0.1) is 0 Å². The third kappa shape index (κ3) is 5.09. The number of aromatic nitrogens is 1. The van der Waals surface area contributed by atoms with Crippen molar-refractivity contribution in [3.05, 3.63) is 113 Å². The van der Waals surface area contributed by atoms with Crippen LogP contribution in [0.1, 0.15) is 22.3 Å². The van der Waals surface area contributed by atoms with Gasteiger partial charge in [0.25, 0.3) is 0 Å². The van der Waals surface area contributed by atoms with Crippen molar-refractivity contribution in [1.29, 1.82) is 5.26 Å². The molecule has 0 atom stereocenters. The highest BCUT2D eigenvalue weighted by Crippen LogP contribution is 2.33. The van der Waals surface area contributed by atoms with E-state index in [1.165, 1.54) is 0 Å². The van der Waals surface area contributed by atoms with Crippen LogP contribution in [0.5, 0.6) is 11.8 Å². The Morgan fingerprint density at radius 1 is 0.742 bits per heavy atom. The maximum absolute atomic E-state index is 9.17. The lowest BCUT2D eigenvalue weighted by molar-refractivity contribution is 0.268. The van der Waals surface area contributed by atoms with Crippen LogP contribution in [0, 0.1) is 18.3 Å². The van der Waals surface area contributed by atoms with Gasteiger partial charge in [0.2, 0.25) is 11.8 Å². The molecule has 0 spiro atoms. The Morgan fingerprint density at radius 2 is 1.35 bits per heavy atom. The lowest BCUT2D eigenvalue weighted by Crippen LogP contribution is -2.03. The van der Waals surface area contributed by atoms with Crippen molar-refractivity contribution in [3.63, 3.8) is 0 Å². The first-order chi connectivity index (χ1) is 15.2. The van der Waals surface area contributed by atoms with Crippen LogP contribution in [-0.2, 0) is 13.2 Å². The molecule has 1 heterocycles. The molecular formula is C27H22N2O2. The van der Waals surface area contributed by atoms with Gasteiger partial charge in [-0.05, 0) is 47.4 Å². The van der Waals surface area contributed by atoms with Gasteiger partial charge in [-0.2, -0.15) is 10.2 Å². The second-order valence-corrected chi connectivity index (χ2v) is 7.19. The number of aryl methyl sites for hydroxylation is 1. The van der Waals surface area contributed by atoms with E-state index < -0.39 is 0 Å². The zero-order valence-electron chi connectivity index (χ0n) is 17.3. The maximum atomic E-state index is 9.17. The highest BCUT2D eigenvalue weighted by molar-refractivity contribution is 5.72. The van der Waals surface area contributed by atoms with Gasteiger partial charge in [-0.25, -0.2) is 0 Å². The van der Waals surface area contributed by atoms with Gasteiger partial charge in [-0.3, -0.25) is 0 Å². The third-order valence-corrected chi connectivity index (χ3v) is 4.93. The Hall–Kier alpha value is -4.10. The summed E-state index contributed by atoms with van der Waals surface area (Å²) in [6, 6.07) is 31.6. The third-order valence-electron chi connectivity index (χ3n) is 4.93. The predicted octanol–water partition coefficient (Wildman–Crippen LogP) is 6.09. The molecule has 0 aliphatic heterocycles. The molecule has 4 heteroatoms. The van der Waals surface area contributed by atoms with E-state index in [2.05, 4.69) is 11.1 Å². The standard InChI is InChI=1S/C27H22N2O2/c1-20-16-23(17-28)12-13-24(20)25-14-15-26(30-18-21-8-4-2-5-9-21)29-27(25)31-19-22-10-6-3-7-11-22/h2-16H,18-19H2,1H3. The molecule has 0 unspecified atom stereocenters. The lowest BCUT2D eigenvalue weighted by Gasteiger charge is -2.15. The summed E-state index contributed by atoms with van der Waals surface area (Å²) in [5, 5.41) is 9.17. The van der Waals surface area contributed by atoms with Gasteiger partial charge in [0.1, 0.15) is 13.2 Å². The summed E-state index contributed by atoms with van der Waals surface area (Å²) >= 11 is 0. The number of nitrogens with zero attached hydrogens (tertiary/aromatic N) is 2. The van der Waals surface area contributed by atoms with Crippen molar-refractivity contribution < 1.29 is 9.47 Å². The van der Waals surface area contributed by atoms with E-state index in [-0.39, 0.29) is 0 Å². The fourth-order valence-corrected chi connectivity index (χ4v) is 3.31. The minimum atomic E-state index is 0.401. The van der Waals surface area contributed by atoms with Crippen molar-refractivity contribution in [1.82, 2.24) is 4.98 Å². The summed E-state index contributed by atoms with van der Waals surface area (Å²) in [5.41, 5.74) is 5.59. The summed E-state index contributed by atoms with van der Waals surface area (Å²) in [6.45, 7) is 2.82. The van der Waals surface area contributed by atoms with Crippen LogP contribution < -0.4 is 9.47 Å². The van der Waals surface area contributed by atoms with Crippen molar-refractivity contribution in [2.24, 2.45) is 0 Å². The molecule has 4 aromatic rings. The second kappa shape index (κ2) is 9.60. The van der Waals surface area contributed by atoms with Crippen LogP contribution in [0.15, 0.2) is 91.0 Å². The van der Waals surface area contributed by atoms with Crippen LogP contribution in [0.25, 0.3) is 11.1 Å². The minimum absolute atomic E-state index is 0.401. The fourth-order valence-electron chi connectivity index (χ4n) is 3.31. The number of pyridine rings is 1. The molecule has 0 radical (unpaired) electrons. The first kappa shape index (κ1) is 20.2. The quantitative estimate of drug-likeness (QED) is 0.373. The smallest absolute Gasteiger partial charge is 0.225 e. The normalized spacial score (nSPS) is 10.3. The van der Waals surface area contributed by atoms with Gasteiger partial charge in [0.05, 0.1) is 11.6 Å². The van der Waals surface area contributed by atoms with Gasteiger partial charge < -0.3 is 9.47 Å². The largest absolute Gasteiger partial charge is 0.473 e. The molecule has 3 aromatic carbocycles. The molecule has 152 valence electrons. The van der Waals surface area contributed by atoms with Gasteiger partial charge in [0, 0.05) is 11.6 Å². The fraction of sp³-hybridized carbons (Fsp3) is 0.111. The average Bonchev–Trinajstić information content (AvgIpc) is 2.83. The SMILES string of the molecule is Cc1cc(C#N)ccc1-c1ccc(OCc2ccccc2)nc1OCc1ccccc1. The second-order valence-electron chi connectivity index (χ2n) is 7.19. The van der Waals surface area contributed by atoms with E-state index in [1.807, 2.05) is 97.9 Å². The van der Waals surface area contributed by atoms with Gasteiger partial charge in [0.15, 0.2) is 0 Å². The van der Waals surface area contributed by atoms with Crippen molar-refractivity contribution in [2.75, 3.05) is 0 Å². The zero-order chi connectivity index (χ0) is 21.5. The van der Waals surface area contributed by atoms with Crippen LogP contribution >= 0.6 is 0 Å². The van der Waals surface area contributed by atoms with Crippen LogP contribution in [0.4, 0.5) is 0 Å². The Labute approximate surface area is 182 Å². The number of ether oxygens (including phenoxy) is 2. The molecule has 0 fully saturated rings. The molecule has 0 bridgehead atoms. The van der Waals surface area contributed by atoms with Gasteiger partial charge >= 0.3 is 0 Å². The summed E-state index contributed by atoms with van der Waals surface area (Å²) < 4.78 is 12.0. The lowest BCUT2D eigenvalue weighted by atomic mass is 9.99. The number of benzene rings is 3. The monoisotopic (exact) mass is 406 g/mol. The Balaban J connectivity index is 1.63. The molecule has 1 aromatic heterocycles. The van der Waals surface area contributed by atoms with Crippen LogP contribution in [0.2, 0.25) is 0 Å². The predicted molar refractivity (Wildman–Crippen MR) is 121 cm³/mol. The topological polar surface area (TPSA) is 55.1 Å². The highest BCUT2D eigenvalue weighted by Gasteiger charge is 2.13. The molecular weight excluding hydrogens is 384 g/mol. The summed E-state index contributed by atoms with van der Waals surface area (Å²) in [6.07, 6.45) is 0. The van der Waals surface area contributed by atoms with Crippen LogP contribution in [0.3, 0.4) is 0 Å². The zero-order valence-corrected chi connectivity index (χ0v) is 17.3. The molecule has 0 aliphatic carbocycles. The van der Waals surface area contributed by atoms with E-state index >= 15 is 0 Å². The molecule has 0 N–H and O–H groups in total. The van der Waals surface area contributed by atoms with E-state index in [0.717, 1.165) is 27.8 Å². The van der Waals surface area contributed by atoms with Gasteiger partial charge in [-0.1, -0.05) is 66.7 Å². The van der Waals surface area contributed by atoms with E-state index in [4.69, 9.17) is 9.47 Å². The Morgan fingerprint density at radius 3 is 1.97 bits per heavy atom. The first-order valence-corrected chi connectivity index (χ1v) is 10.1. The molecule has 4 rings (SSSR count). The maximum Gasteiger partial charge on any atom is 0.225 e. The summed E-state index contributed by atoms with van der Waals surface area (Å²) in [4.78, 5) is 4.65. The van der Waals surface area contributed by atoms with Crippen molar-refractivity contribution >= 4 is 0 Å². The van der Waals surface area contributed by atoms with Crippen molar-refractivity contribution in [2.45, 2.75) is 20.1 Å². The first-order valence-electron chi connectivity index (χ1n) is 10.1. The Kier molecular flexibility index (Phi) is 6.25. The average molecular weight is 406 g/mol. The summed E-state index contributed by atoms with van der Waals surface area (Å²) in [5.74, 6) is 1.00. The molecule has 0 saturated carbocycles. The molecule has 31 heavy (non-hydrogen) atoms. The number of nitriles is 1. The van der Waals surface area contributed by atoms with E-state index in [1.54, 1.807) is 0 Å². The number of hydrogen-bond acceptors (Lipinski definition) is 4. The van der Waals surface area contributed by atoms with E-state index in [9.17, 15) is 5.26 Å². The number of rotatable bonds is 7. The molecule has 0 aliphatic rings. The summed E-state index contributed by atoms with van der Waals surface area (Å²) in [7, 11) is 0. The number of hydrogen-bond donors (Lipinski definition) is 0. The van der Waals surface area contributed by atoms with E-state index in [0.29, 0.717) is 30.5 Å². The van der Waals surface area contributed by atoms with Crippen LogP contribution in [-0.4, -0.2) is 4.98 Å².